The van der Waals surface area contributed by atoms with Crippen molar-refractivity contribution < 1.29 is 19.1 Å². The van der Waals surface area contributed by atoms with Gasteiger partial charge in [-0.1, -0.05) is 37.3 Å². The van der Waals surface area contributed by atoms with Gasteiger partial charge >= 0.3 is 12.2 Å². The van der Waals surface area contributed by atoms with E-state index >= 15 is 0 Å². The van der Waals surface area contributed by atoms with Crippen LogP contribution in [0.4, 0.5) is 9.59 Å². The first-order valence-electron chi connectivity index (χ1n) is 8.75. The smallest absolute Gasteiger partial charge is 0.410 e. The van der Waals surface area contributed by atoms with Crippen LogP contribution in [-0.4, -0.2) is 53.3 Å². The Balaban J connectivity index is 1.89. The highest BCUT2D eigenvalue weighted by Crippen LogP contribution is 2.18. The molecule has 0 aromatic heterocycles. The highest BCUT2D eigenvalue weighted by atomic mass is 16.6. The zero-order valence-corrected chi connectivity index (χ0v) is 15.5. The van der Waals surface area contributed by atoms with Crippen molar-refractivity contribution in [2.45, 2.75) is 52.4 Å². The molecule has 0 bridgehead atoms. The van der Waals surface area contributed by atoms with E-state index in [0.29, 0.717) is 19.6 Å². The lowest BCUT2D eigenvalue weighted by molar-refractivity contribution is -0.00367. The third kappa shape index (κ3) is 5.66. The summed E-state index contributed by atoms with van der Waals surface area (Å²) in [5.74, 6) is 0. The van der Waals surface area contributed by atoms with Crippen molar-refractivity contribution in [1.29, 1.82) is 0 Å². The molecule has 1 aliphatic rings. The summed E-state index contributed by atoms with van der Waals surface area (Å²) in [4.78, 5) is 28.0. The van der Waals surface area contributed by atoms with Gasteiger partial charge in [0, 0.05) is 19.6 Å². The van der Waals surface area contributed by atoms with E-state index in [0.717, 1.165) is 12.0 Å². The van der Waals surface area contributed by atoms with Crippen molar-refractivity contribution in [2.75, 3.05) is 19.6 Å². The molecule has 1 saturated heterocycles. The maximum absolute atomic E-state index is 12.3. The molecule has 1 aliphatic heterocycles. The Bertz CT molecular complexity index is 583. The fourth-order valence-corrected chi connectivity index (χ4v) is 2.74. The van der Waals surface area contributed by atoms with E-state index in [1.807, 2.05) is 58.0 Å². The van der Waals surface area contributed by atoms with E-state index in [2.05, 4.69) is 0 Å². The molecule has 6 heteroatoms. The molecule has 0 saturated carbocycles. The first kappa shape index (κ1) is 19.1. The van der Waals surface area contributed by atoms with Crippen molar-refractivity contribution in [3.8, 4) is 0 Å². The quantitative estimate of drug-likeness (QED) is 0.836. The second-order valence-corrected chi connectivity index (χ2v) is 7.22. The van der Waals surface area contributed by atoms with Gasteiger partial charge in [-0.2, -0.15) is 0 Å². The fourth-order valence-electron chi connectivity index (χ4n) is 2.74. The van der Waals surface area contributed by atoms with Gasteiger partial charge in [-0.3, -0.25) is 0 Å². The van der Waals surface area contributed by atoms with Crippen LogP contribution in [0.5, 0.6) is 0 Å². The molecule has 1 aromatic carbocycles. The topological polar surface area (TPSA) is 59.1 Å². The van der Waals surface area contributed by atoms with Gasteiger partial charge in [0.15, 0.2) is 0 Å². The predicted octanol–water partition coefficient (Wildman–Crippen LogP) is 3.65. The van der Waals surface area contributed by atoms with Gasteiger partial charge < -0.3 is 19.3 Å². The van der Waals surface area contributed by atoms with E-state index < -0.39 is 5.60 Å². The molecule has 1 unspecified atom stereocenters. The number of carbonyl (C=O) groups is 2. The van der Waals surface area contributed by atoms with Crippen molar-refractivity contribution in [3.63, 3.8) is 0 Å². The van der Waals surface area contributed by atoms with E-state index in [1.54, 1.807) is 9.80 Å². The molecule has 0 aliphatic carbocycles. The largest absolute Gasteiger partial charge is 0.445 e. The van der Waals surface area contributed by atoms with E-state index in [4.69, 9.17) is 9.47 Å². The van der Waals surface area contributed by atoms with Crippen LogP contribution >= 0.6 is 0 Å². The third-order valence-corrected chi connectivity index (χ3v) is 4.05. The van der Waals surface area contributed by atoms with Gasteiger partial charge in [-0.05, 0) is 32.8 Å². The maximum atomic E-state index is 12.3. The summed E-state index contributed by atoms with van der Waals surface area (Å²) in [7, 11) is 0. The van der Waals surface area contributed by atoms with E-state index in [9.17, 15) is 9.59 Å². The molecule has 2 rings (SSSR count). The van der Waals surface area contributed by atoms with Gasteiger partial charge in [-0.15, -0.1) is 0 Å². The second-order valence-electron chi connectivity index (χ2n) is 7.22. The zero-order chi connectivity index (χ0) is 18.4. The minimum atomic E-state index is -0.527. The Labute approximate surface area is 149 Å². The molecular formula is C19H28N2O4. The van der Waals surface area contributed by atoms with Gasteiger partial charge in [-0.25, -0.2) is 9.59 Å². The molecule has 1 fully saturated rings. The molecule has 25 heavy (non-hydrogen) atoms. The van der Waals surface area contributed by atoms with Crippen LogP contribution in [0.2, 0.25) is 0 Å². The van der Waals surface area contributed by atoms with Crippen molar-refractivity contribution in [1.82, 2.24) is 9.80 Å². The summed E-state index contributed by atoms with van der Waals surface area (Å²) in [6.45, 7) is 9.17. The van der Waals surface area contributed by atoms with Crippen molar-refractivity contribution in [3.05, 3.63) is 35.9 Å². The number of carbonyl (C=O) groups excluding carboxylic acids is 2. The number of piperazine rings is 1. The molecule has 1 heterocycles. The summed E-state index contributed by atoms with van der Waals surface area (Å²) in [6.07, 6.45) is 0.0876. The first-order chi connectivity index (χ1) is 11.8. The van der Waals surface area contributed by atoms with Crippen LogP contribution in [-0.2, 0) is 16.1 Å². The number of hydrogen-bond acceptors (Lipinski definition) is 4. The lowest BCUT2D eigenvalue weighted by atomic mass is 10.1. The summed E-state index contributed by atoms with van der Waals surface area (Å²) < 4.78 is 10.9. The summed E-state index contributed by atoms with van der Waals surface area (Å²) in [6, 6.07) is 9.53. The number of amides is 2. The average molecular weight is 348 g/mol. The standard InChI is InChI=1S/C19H28N2O4/c1-5-16-13-20(11-12-21(16)18(23)25-19(2,3)4)17(22)24-14-15-9-7-6-8-10-15/h6-10,16H,5,11-14H2,1-4H3. The molecule has 1 aromatic rings. The van der Waals surface area contributed by atoms with E-state index in [-0.39, 0.29) is 24.8 Å². The Morgan fingerprint density at radius 3 is 2.40 bits per heavy atom. The van der Waals surface area contributed by atoms with Gasteiger partial charge in [0.2, 0.25) is 0 Å². The zero-order valence-electron chi connectivity index (χ0n) is 15.5. The molecular weight excluding hydrogens is 320 g/mol. The highest BCUT2D eigenvalue weighted by molar-refractivity contribution is 5.71. The van der Waals surface area contributed by atoms with Crippen LogP contribution in [0.1, 0.15) is 39.7 Å². The highest BCUT2D eigenvalue weighted by Gasteiger charge is 2.34. The molecule has 138 valence electrons. The van der Waals surface area contributed by atoms with Crippen LogP contribution in [0.25, 0.3) is 0 Å². The number of hydrogen-bond donors (Lipinski definition) is 0. The first-order valence-corrected chi connectivity index (χ1v) is 8.75. The van der Waals surface area contributed by atoms with Crippen LogP contribution in [0, 0.1) is 0 Å². The SMILES string of the molecule is CCC1CN(C(=O)OCc2ccccc2)CCN1C(=O)OC(C)(C)C. The summed E-state index contributed by atoms with van der Waals surface area (Å²) in [5, 5.41) is 0. The predicted molar refractivity (Wildman–Crippen MR) is 95.2 cm³/mol. The van der Waals surface area contributed by atoms with E-state index in [1.165, 1.54) is 0 Å². The molecule has 1 atom stereocenters. The van der Waals surface area contributed by atoms with Crippen LogP contribution in [0.15, 0.2) is 30.3 Å². The lowest BCUT2D eigenvalue weighted by Gasteiger charge is -2.40. The van der Waals surface area contributed by atoms with Crippen LogP contribution < -0.4 is 0 Å². The van der Waals surface area contributed by atoms with Crippen LogP contribution in [0.3, 0.4) is 0 Å². The molecule has 6 nitrogen and oxygen atoms in total. The lowest BCUT2D eigenvalue weighted by Crippen LogP contribution is -2.57. The van der Waals surface area contributed by atoms with Gasteiger partial charge in [0.25, 0.3) is 0 Å². The monoisotopic (exact) mass is 348 g/mol. The number of rotatable bonds is 3. The number of nitrogens with zero attached hydrogens (tertiary/aromatic N) is 2. The maximum Gasteiger partial charge on any atom is 0.410 e. The summed E-state index contributed by atoms with van der Waals surface area (Å²) >= 11 is 0. The minimum Gasteiger partial charge on any atom is -0.445 e. The summed E-state index contributed by atoms with van der Waals surface area (Å²) in [5.41, 5.74) is 0.427. The van der Waals surface area contributed by atoms with Gasteiger partial charge in [0.05, 0.1) is 6.04 Å². The van der Waals surface area contributed by atoms with Crippen molar-refractivity contribution >= 4 is 12.2 Å². The molecule has 0 N–H and O–H groups in total. The molecule has 0 spiro atoms. The fraction of sp³-hybridized carbons (Fsp3) is 0.579. The molecule has 2 amide bonds. The average Bonchev–Trinajstić information content (AvgIpc) is 2.58. The second kappa shape index (κ2) is 8.23. The number of benzene rings is 1. The Morgan fingerprint density at radius 2 is 1.80 bits per heavy atom. The van der Waals surface area contributed by atoms with Crippen molar-refractivity contribution in [2.24, 2.45) is 0 Å². The number of ether oxygens (including phenoxy) is 2. The third-order valence-electron chi connectivity index (χ3n) is 4.05. The molecule has 0 radical (unpaired) electrons. The Hall–Kier alpha value is -2.24. The Kier molecular flexibility index (Phi) is 6.28. The normalized spacial score (nSPS) is 18.0. The van der Waals surface area contributed by atoms with Gasteiger partial charge in [0.1, 0.15) is 12.2 Å². The Morgan fingerprint density at radius 1 is 1.12 bits per heavy atom. The minimum absolute atomic E-state index is 0.0622.